The van der Waals surface area contributed by atoms with Gasteiger partial charge in [0.15, 0.2) is 5.65 Å². The first-order valence-electron chi connectivity index (χ1n) is 9.45. The van der Waals surface area contributed by atoms with Gasteiger partial charge in [0, 0.05) is 17.5 Å². The van der Waals surface area contributed by atoms with E-state index in [-0.39, 0.29) is 5.57 Å². The summed E-state index contributed by atoms with van der Waals surface area (Å²) in [5, 5.41) is 27.3. The fourth-order valence-electron chi connectivity index (χ4n) is 3.23. The number of benzene rings is 2. The number of pyridine rings is 1. The van der Waals surface area contributed by atoms with Crippen LogP contribution in [-0.2, 0) is 6.54 Å². The van der Waals surface area contributed by atoms with Crippen LogP contribution in [0.1, 0.15) is 16.8 Å². The van der Waals surface area contributed by atoms with Crippen LogP contribution in [0.4, 0.5) is 5.82 Å². The summed E-state index contributed by atoms with van der Waals surface area (Å²) >= 11 is 0. The number of fused-ring (bicyclic) bond motifs is 1. The Balaban J connectivity index is 1.86. The van der Waals surface area contributed by atoms with Gasteiger partial charge < -0.3 is 5.32 Å². The van der Waals surface area contributed by atoms with Crippen molar-refractivity contribution in [2.24, 2.45) is 0 Å². The highest BCUT2D eigenvalue weighted by Crippen LogP contribution is 2.27. The zero-order valence-electron chi connectivity index (χ0n) is 16.4. The van der Waals surface area contributed by atoms with E-state index in [0.29, 0.717) is 23.6 Å². The molecule has 6 nitrogen and oxygen atoms in total. The van der Waals surface area contributed by atoms with Crippen LogP contribution in [0.15, 0.2) is 72.3 Å². The Kier molecular flexibility index (Phi) is 5.23. The van der Waals surface area contributed by atoms with E-state index in [4.69, 9.17) is 4.98 Å². The fraction of sp³-hybridized carbons (Fsp3) is 0.0833. The van der Waals surface area contributed by atoms with Crippen LogP contribution in [0, 0.1) is 29.6 Å². The van der Waals surface area contributed by atoms with Crippen molar-refractivity contribution in [3.63, 3.8) is 0 Å². The zero-order valence-corrected chi connectivity index (χ0v) is 16.4. The van der Waals surface area contributed by atoms with Crippen LogP contribution in [0.2, 0.25) is 0 Å². The van der Waals surface area contributed by atoms with Crippen LogP contribution < -0.4 is 5.32 Å². The molecule has 2 aromatic carbocycles. The summed E-state index contributed by atoms with van der Waals surface area (Å²) < 4.78 is 1.81. The Labute approximate surface area is 174 Å². The normalized spacial score (nSPS) is 10.2. The molecule has 144 valence electrons. The molecule has 0 fully saturated rings. The lowest BCUT2D eigenvalue weighted by molar-refractivity contribution is 0.877. The van der Waals surface area contributed by atoms with Gasteiger partial charge in [0.05, 0.1) is 11.4 Å². The van der Waals surface area contributed by atoms with Crippen molar-refractivity contribution in [3.05, 3.63) is 89.1 Å². The van der Waals surface area contributed by atoms with E-state index in [0.717, 1.165) is 22.3 Å². The van der Waals surface area contributed by atoms with Crippen molar-refractivity contribution in [2.45, 2.75) is 13.5 Å². The topological polar surface area (TPSA) is 90.3 Å². The Hall–Kier alpha value is -4.42. The maximum absolute atomic E-state index is 9.21. The first kappa shape index (κ1) is 18.9. The highest BCUT2D eigenvalue weighted by molar-refractivity contribution is 5.86. The molecule has 4 aromatic rings. The smallest absolute Gasteiger partial charge is 0.165 e. The van der Waals surface area contributed by atoms with Gasteiger partial charge in [-0.25, -0.2) is 9.67 Å². The molecule has 0 bridgehead atoms. The Morgan fingerprint density at radius 2 is 1.70 bits per heavy atom. The van der Waals surface area contributed by atoms with Crippen LogP contribution in [0.5, 0.6) is 0 Å². The van der Waals surface area contributed by atoms with E-state index < -0.39 is 0 Å². The predicted molar refractivity (Wildman–Crippen MR) is 117 cm³/mol. The molecule has 0 amide bonds. The largest absolute Gasteiger partial charge is 0.365 e. The molecule has 1 N–H and O–H groups in total. The standard InChI is InChI=1S/C24H18N6/c1-17-22-13-20(12-19(14-25)15-26)23(27-16-18-8-4-2-5-9-18)28-24(22)30(29-17)21-10-6-3-7-11-21/h2-13H,16H2,1H3,(H,27,28). The molecule has 0 aliphatic rings. The number of nitriles is 2. The van der Waals surface area contributed by atoms with Gasteiger partial charge in [0.1, 0.15) is 23.5 Å². The minimum absolute atomic E-state index is 0.0204. The highest BCUT2D eigenvalue weighted by Gasteiger charge is 2.15. The number of nitrogens with zero attached hydrogens (tertiary/aromatic N) is 5. The second-order valence-electron chi connectivity index (χ2n) is 6.75. The first-order chi connectivity index (χ1) is 14.7. The van der Waals surface area contributed by atoms with E-state index in [1.807, 2.05) is 85.8 Å². The molecule has 0 saturated heterocycles. The number of allylic oxidation sites excluding steroid dienone is 1. The number of hydrogen-bond acceptors (Lipinski definition) is 5. The Bertz CT molecular complexity index is 1290. The van der Waals surface area contributed by atoms with Gasteiger partial charge in [-0.2, -0.15) is 15.6 Å². The minimum Gasteiger partial charge on any atom is -0.365 e. The molecule has 0 saturated carbocycles. The van der Waals surface area contributed by atoms with Gasteiger partial charge in [-0.05, 0) is 36.8 Å². The van der Waals surface area contributed by atoms with Crippen molar-refractivity contribution in [2.75, 3.05) is 5.32 Å². The summed E-state index contributed by atoms with van der Waals surface area (Å²) in [7, 11) is 0. The number of aromatic nitrogens is 3. The molecule has 0 aliphatic carbocycles. The number of rotatable bonds is 5. The lowest BCUT2D eigenvalue weighted by atomic mass is 10.1. The summed E-state index contributed by atoms with van der Waals surface area (Å²) in [6, 6.07) is 25.5. The lowest BCUT2D eigenvalue weighted by Crippen LogP contribution is -2.05. The van der Waals surface area contributed by atoms with Crippen molar-refractivity contribution in [1.29, 1.82) is 10.5 Å². The minimum atomic E-state index is 0.0204. The summed E-state index contributed by atoms with van der Waals surface area (Å²) in [5.74, 6) is 0.589. The van der Waals surface area contributed by atoms with E-state index in [1.165, 1.54) is 0 Å². The Morgan fingerprint density at radius 3 is 2.37 bits per heavy atom. The second-order valence-corrected chi connectivity index (χ2v) is 6.75. The monoisotopic (exact) mass is 390 g/mol. The average molecular weight is 390 g/mol. The van der Waals surface area contributed by atoms with Crippen molar-refractivity contribution < 1.29 is 0 Å². The number of anilines is 1. The molecule has 30 heavy (non-hydrogen) atoms. The third-order valence-electron chi connectivity index (χ3n) is 4.72. The quantitative estimate of drug-likeness (QED) is 0.496. The SMILES string of the molecule is Cc1nn(-c2ccccc2)c2nc(NCc3ccccc3)c(C=C(C#N)C#N)cc12. The maximum atomic E-state index is 9.21. The molecule has 0 atom stereocenters. The second kappa shape index (κ2) is 8.30. The first-order valence-corrected chi connectivity index (χ1v) is 9.45. The number of para-hydroxylation sites is 1. The van der Waals surface area contributed by atoms with Gasteiger partial charge in [-0.15, -0.1) is 0 Å². The molecular weight excluding hydrogens is 372 g/mol. The van der Waals surface area contributed by atoms with Crippen LogP contribution in [0.3, 0.4) is 0 Å². The predicted octanol–water partition coefficient (Wildman–Crippen LogP) is 4.77. The van der Waals surface area contributed by atoms with E-state index in [9.17, 15) is 10.5 Å². The number of hydrogen-bond donors (Lipinski definition) is 1. The molecule has 2 heterocycles. The molecule has 6 heteroatoms. The van der Waals surface area contributed by atoms with Crippen LogP contribution in [0.25, 0.3) is 22.8 Å². The summed E-state index contributed by atoms with van der Waals surface area (Å²) in [6.07, 6.45) is 1.55. The fourth-order valence-corrected chi connectivity index (χ4v) is 3.23. The number of nitrogens with one attached hydrogen (secondary N) is 1. The van der Waals surface area contributed by atoms with Gasteiger partial charge in [-0.1, -0.05) is 48.5 Å². The highest BCUT2D eigenvalue weighted by atomic mass is 15.3. The molecule has 2 aromatic heterocycles. The molecule has 4 rings (SSSR count). The maximum Gasteiger partial charge on any atom is 0.165 e. The zero-order chi connectivity index (χ0) is 20.9. The van der Waals surface area contributed by atoms with Crippen molar-refractivity contribution >= 4 is 22.9 Å². The average Bonchev–Trinajstić information content (AvgIpc) is 3.12. The number of aryl methyl sites for hydroxylation is 1. The lowest BCUT2D eigenvalue weighted by Gasteiger charge is -2.11. The van der Waals surface area contributed by atoms with Gasteiger partial charge in [-0.3, -0.25) is 0 Å². The molecule has 0 aliphatic heterocycles. The van der Waals surface area contributed by atoms with Crippen molar-refractivity contribution in [1.82, 2.24) is 14.8 Å². The van der Waals surface area contributed by atoms with E-state index >= 15 is 0 Å². The van der Waals surface area contributed by atoms with E-state index in [1.54, 1.807) is 10.8 Å². The molecular formula is C24H18N6. The summed E-state index contributed by atoms with van der Waals surface area (Å²) in [5.41, 5.74) is 4.24. The van der Waals surface area contributed by atoms with Gasteiger partial charge in [0.25, 0.3) is 0 Å². The summed E-state index contributed by atoms with van der Waals surface area (Å²) in [4.78, 5) is 4.84. The van der Waals surface area contributed by atoms with Crippen LogP contribution in [-0.4, -0.2) is 14.8 Å². The molecule has 0 unspecified atom stereocenters. The van der Waals surface area contributed by atoms with Crippen LogP contribution >= 0.6 is 0 Å². The third kappa shape index (κ3) is 3.76. The van der Waals surface area contributed by atoms with Crippen molar-refractivity contribution in [3.8, 4) is 17.8 Å². The molecule has 0 radical (unpaired) electrons. The van der Waals surface area contributed by atoms with Gasteiger partial charge in [0.2, 0.25) is 0 Å². The third-order valence-corrected chi connectivity index (χ3v) is 4.72. The molecule has 0 spiro atoms. The van der Waals surface area contributed by atoms with Gasteiger partial charge >= 0.3 is 0 Å². The van der Waals surface area contributed by atoms with E-state index in [2.05, 4.69) is 10.4 Å². The summed E-state index contributed by atoms with van der Waals surface area (Å²) in [6.45, 7) is 2.48. The Morgan fingerprint density at radius 1 is 1.03 bits per heavy atom.